The minimum atomic E-state index is 0.289. The number of rotatable bonds is 10. The SMILES string of the molecule is CCCCCC(CCCCC)=C(c1ccc(O)cc1)c1ccc(O)cc1. The molecular weight excluding hydrogens is 320 g/mol. The van der Waals surface area contributed by atoms with Crippen molar-refractivity contribution in [2.24, 2.45) is 0 Å². The lowest BCUT2D eigenvalue weighted by Crippen LogP contribution is -1.97. The zero-order valence-electron chi connectivity index (χ0n) is 16.2. The Hall–Kier alpha value is -2.22. The summed E-state index contributed by atoms with van der Waals surface area (Å²) >= 11 is 0. The summed E-state index contributed by atoms with van der Waals surface area (Å²) in [6.07, 6.45) is 9.55. The van der Waals surface area contributed by atoms with E-state index in [1.165, 1.54) is 49.7 Å². The van der Waals surface area contributed by atoms with Gasteiger partial charge in [0.15, 0.2) is 0 Å². The molecule has 0 fully saturated rings. The topological polar surface area (TPSA) is 40.5 Å². The monoisotopic (exact) mass is 352 g/mol. The molecule has 0 heterocycles. The second kappa shape index (κ2) is 10.7. The van der Waals surface area contributed by atoms with Gasteiger partial charge in [0.05, 0.1) is 0 Å². The molecule has 0 atom stereocenters. The Balaban J connectivity index is 2.47. The van der Waals surface area contributed by atoms with Gasteiger partial charge < -0.3 is 10.2 Å². The van der Waals surface area contributed by atoms with Crippen molar-refractivity contribution >= 4 is 5.57 Å². The van der Waals surface area contributed by atoms with Crippen LogP contribution >= 0.6 is 0 Å². The van der Waals surface area contributed by atoms with Crippen molar-refractivity contribution in [3.05, 3.63) is 65.2 Å². The van der Waals surface area contributed by atoms with Crippen LogP contribution in [0.3, 0.4) is 0 Å². The fourth-order valence-corrected chi connectivity index (χ4v) is 3.38. The van der Waals surface area contributed by atoms with Crippen LogP contribution in [0.25, 0.3) is 5.57 Å². The average molecular weight is 353 g/mol. The van der Waals surface area contributed by atoms with Crippen molar-refractivity contribution < 1.29 is 10.2 Å². The molecule has 140 valence electrons. The normalized spacial score (nSPS) is 10.7. The Morgan fingerprint density at radius 2 is 1.00 bits per heavy atom. The Morgan fingerprint density at radius 1 is 0.615 bits per heavy atom. The standard InChI is InChI=1S/C24H32O2/c1-3-5-7-9-19(10-8-6-4-2)24(20-11-15-22(25)16-12-20)21-13-17-23(26)18-14-21/h11-18,25-26H,3-10H2,1-2H3. The zero-order valence-corrected chi connectivity index (χ0v) is 16.2. The van der Waals surface area contributed by atoms with E-state index >= 15 is 0 Å². The Morgan fingerprint density at radius 3 is 1.35 bits per heavy atom. The van der Waals surface area contributed by atoms with Gasteiger partial charge in [0.1, 0.15) is 11.5 Å². The fraction of sp³-hybridized carbons (Fsp3) is 0.417. The van der Waals surface area contributed by atoms with E-state index in [0.717, 1.165) is 24.0 Å². The van der Waals surface area contributed by atoms with Gasteiger partial charge in [-0.2, -0.15) is 0 Å². The summed E-state index contributed by atoms with van der Waals surface area (Å²) < 4.78 is 0. The molecule has 2 nitrogen and oxygen atoms in total. The summed E-state index contributed by atoms with van der Waals surface area (Å²) in [6.45, 7) is 4.47. The van der Waals surface area contributed by atoms with Crippen LogP contribution in [-0.4, -0.2) is 10.2 Å². The van der Waals surface area contributed by atoms with Crippen LogP contribution in [0.2, 0.25) is 0 Å². The molecule has 0 spiro atoms. The van der Waals surface area contributed by atoms with Crippen molar-refractivity contribution in [2.75, 3.05) is 0 Å². The number of phenolic OH excluding ortho intramolecular Hbond substituents is 2. The predicted octanol–water partition coefficient (Wildman–Crippen LogP) is 7.06. The highest BCUT2D eigenvalue weighted by molar-refractivity contribution is 5.82. The molecule has 0 radical (unpaired) electrons. The van der Waals surface area contributed by atoms with E-state index in [0.29, 0.717) is 0 Å². The van der Waals surface area contributed by atoms with E-state index in [2.05, 4.69) is 13.8 Å². The maximum atomic E-state index is 9.68. The number of hydrogen-bond donors (Lipinski definition) is 2. The van der Waals surface area contributed by atoms with Crippen molar-refractivity contribution in [2.45, 2.75) is 65.2 Å². The van der Waals surface area contributed by atoms with Crippen molar-refractivity contribution in [3.8, 4) is 11.5 Å². The number of aromatic hydroxyl groups is 2. The van der Waals surface area contributed by atoms with E-state index in [1.807, 2.05) is 24.3 Å². The maximum absolute atomic E-state index is 9.68. The number of benzene rings is 2. The third-order valence-electron chi connectivity index (χ3n) is 4.83. The van der Waals surface area contributed by atoms with Crippen LogP contribution in [-0.2, 0) is 0 Å². The molecule has 2 aromatic carbocycles. The van der Waals surface area contributed by atoms with Gasteiger partial charge in [0.25, 0.3) is 0 Å². The predicted molar refractivity (Wildman–Crippen MR) is 111 cm³/mol. The largest absolute Gasteiger partial charge is 0.508 e. The lowest BCUT2D eigenvalue weighted by Gasteiger charge is -2.17. The van der Waals surface area contributed by atoms with E-state index in [-0.39, 0.29) is 11.5 Å². The molecule has 0 aliphatic heterocycles. The van der Waals surface area contributed by atoms with Crippen LogP contribution in [0.1, 0.15) is 76.3 Å². The summed E-state index contributed by atoms with van der Waals surface area (Å²) in [5, 5.41) is 19.4. The maximum Gasteiger partial charge on any atom is 0.115 e. The summed E-state index contributed by atoms with van der Waals surface area (Å²) in [5.41, 5.74) is 5.02. The molecule has 2 N–H and O–H groups in total. The first kappa shape index (κ1) is 20.1. The summed E-state index contributed by atoms with van der Waals surface area (Å²) in [4.78, 5) is 0. The second-order valence-electron chi connectivity index (χ2n) is 6.99. The number of hydrogen-bond acceptors (Lipinski definition) is 2. The minimum Gasteiger partial charge on any atom is -0.508 e. The first-order valence-corrected chi connectivity index (χ1v) is 9.96. The number of phenols is 2. The molecular formula is C24H32O2. The molecule has 0 bridgehead atoms. The van der Waals surface area contributed by atoms with Crippen LogP contribution in [0.15, 0.2) is 54.1 Å². The van der Waals surface area contributed by atoms with Crippen LogP contribution in [0.4, 0.5) is 0 Å². The third kappa shape index (κ3) is 5.94. The minimum absolute atomic E-state index is 0.289. The van der Waals surface area contributed by atoms with E-state index < -0.39 is 0 Å². The molecule has 0 aliphatic carbocycles. The van der Waals surface area contributed by atoms with E-state index in [9.17, 15) is 10.2 Å². The lowest BCUT2D eigenvalue weighted by molar-refractivity contribution is 0.475. The first-order valence-electron chi connectivity index (χ1n) is 9.96. The first-order chi connectivity index (χ1) is 12.7. The van der Waals surface area contributed by atoms with Gasteiger partial charge in [-0.15, -0.1) is 0 Å². The molecule has 2 heteroatoms. The van der Waals surface area contributed by atoms with Crippen LogP contribution in [0.5, 0.6) is 11.5 Å². The lowest BCUT2D eigenvalue weighted by atomic mass is 9.88. The van der Waals surface area contributed by atoms with E-state index in [1.54, 1.807) is 24.3 Å². The molecule has 0 amide bonds. The molecule has 0 saturated carbocycles. The van der Waals surface area contributed by atoms with Gasteiger partial charge in [-0.1, -0.05) is 69.4 Å². The van der Waals surface area contributed by atoms with Crippen LogP contribution in [0, 0.1) is 0 Å². The van der Waals surface area contributed by atoms with Gasteiger partial charge >= 0.3 is 0 Å². The third-order valence-corrected chi connectivity index (χ3v) is 4.83. The fourth-order valence-electron chi connectivity index (χ4n) is 3.38. The highest BCUT2D eigenvalue weighted by atomic mass is 16.3. The molecule has 0 aliphatic rings. The van der Waals surface area contributed by atoms with Gasteiger partial charge in [0.2, 0.25) is 0 Å². The molecule has 26 heavy (non-hydrogen) atoms. The smallest absolute Gasteiger partial charge is 0.115 e. The van der Waals surface area contributed by atoms with Gasteiger partial charge in [-0.05, 0) is 66.6 Å². The van der Waals surface area contributed by atoms with Crippen molar-refractivity contribution in [3.63, 3.8) is 0 Å². The van der Waals surface area contributed by atoms with E-state index in [4.69, 9.17) is 0 Å². The number of allylic oxidation sites excluding steroid dienone is 1. The second-order valence-corrected chi connectivity index (χ2v) is 6.99. The quantitative estimate of drug-likeness (QED) is 0.449. The van der Waals surface area contributed by atoms with Crippen molar-refractivity contribution in [1.29, 1.82) is 0 Å². The average Bonchev–Trinajstić information content (AvgIpc) is 2.65. The summed E-state index contributed by atoms with van der Waals surface area (Å²) in [7, 11) is 0. The highest BCUT2D eigenvalue weighted by Crippen LogP contribution is 2.34. The van der Waals surface area contributed by atoms with Gasteiger partial charge in [0, 0.05) is 0 Å². The molecule has 0 saturated heterocycles. The zero-order chi connectivity index (χ0) is 18.8. The molecule has 0 aromatic heterocycles. The Bertz CT molecular complexity index is 622. The highest BCUT2D eigenvalue weighted by Gasteiger charge is 2.12. The number of unbranched alkanes of at least 4 members (excludes halogenated alkanes) is 4. The molecule has 2 aromatic rings. The van der Waals surface area contributed by atoms with Crippen molar-refractivity contribution in [1.82, 2.24) is 0 Å². The van der Waals surface area contributed by atoms with Gasteiger partial charge in [-0.3, -0.25) is 0 Å². The molecule has 2 rings (SSSR count). The Labute approximate surface area is 158 Å². The summed E-state index contributed by atoms with van der Waals surface area (Å²) in [6, 6.07) is 15.0. The Kier molecular flexibility index (Phi) is 8.27. The molecule has 0 unspecified atom stereocenters. The van der Waals surface area contributed by atoms with Crippen LogP contribution < -0.4 is 0 Å². The van der Waals surface area contributed by atoms with Gasteiger partial charge in [-0.25, -0.2) is 0 Å². The summed E-state index contributed by atoms with van der Waals surface area (Å²) in [5.74, 6) is 0.578.